The molecule has 0 saturated carbocycles. The molecule has 0 radical (unpaired) electrons. The molecule has 0 saturated heterocycles. The van der Waals surface area contributed by atoms with Crippen molar-refractivity contribution in [1.29, 1.82) is 0 Å². The topological polar surface area (TPSA) is 72.7 Å². The van der Waals surface area contributed by atoms with Crippen molar-refractivity contribution in [3.05, 3.63) is 32.8 Å². The normalized spacial score (nSPS) is 9.69. The first-order valence-corrected chi connectivity index (χ1v) is 5.02. The second-order valence-corrected chi connectivity index (χ2v) is 3.83. The Bertz CT molecular complexity index is 436. The molecule has 86 valence electrons. The smallest absolute Gasteiger partial charge is 0.413 e. The third-order valence-electron chi connectivity index (χ3n) is 1.94. The molecule has 7 heteroatoms. The van der Waals surface area contributed by atoms with Crippen LogP contribution in [0.3, 0.4) is 0 Å². The van der Waals surface area contributed by atoms with Crippen LogP contribution >= 0.6 is 15.9 Å². The predicted octanol–water partition coefficient (Wildman–Crippen LogP) is 2.56. The third-order valence-corrected chi connectivity index (χ3v) is 2.44. The Balaban J connectivity index is 3.22. The molecule has 0 bridgehead atoms. The van der Waals surface area contributed by atoms with Crippen molar-refractivity contribution in [2.24, 2.45) is 0 Å². The maximum atomic E-state index is 11.2. The molecular formula is C9H9BrN2O4. The van der Waals surface area contributed by atoms with Crippen molar-refractivity contribution in [3.63, 3.8) is 0 Å². The fourth-order valence-corrected chi connectivity index (χ4v) is 1.51. The van der Waals surface area contributed by atoms with Crippen LogP contribution < -0.4 is 4.90 Å². The van der Waals surface area contributed by atoms with Crippen molar-refractivity contribution >= 4 is 33.4 Å². The van der Waals surface area contributed by atoms with Gasteiger partial charge >= 0.3 is 6.09 Å². The fraction of sp³-hybridized carbons (Fsp3) is 0.222. The third kappa shape index (κ3) is 2.48. The molecule has 0 fully saturated rings. The molecule has 1 aromatic carbocycles. The number of halogens is 1. The van der Waals surface area contributed by atoms with Crippen LogP contribution in [0, 0.1) is 10.1 Å². The number of carbonyl (C=O) groups excluding carboxylic acids is 1. The van der Waals surface area contributed by atoms with E-state index in [1.165, 1.54) is 26.3 Å². The van der Waals surface area contributed by atoms with Gasteiger partial charge in [-0.05, 0) is 12.1 Å². The van der Waals surface area contributed by atoms with E-state index in [1.807, 2.05) is 0 Å². The Kier molecular flexibility index (Phi) is 3.83. The Labute approximate surface area is 100 Å². The van der Waals surface area contributed by atoms with Gasteiger partial charge in [-0.15, -0.1) is 0 Å². The number of nitro groups is 1. The van der Waals surface area contributed by atoms with E-state index in [9.17, 15) is 14.9 Å². The SMILES string of the molecule is COC(=O)N(C)c1ccc(Br)cc1[N+](=O)[O-]. The van der Waals surface area contributed by atoms with Crippen LogP contribution in [0.2, 0.25) is 0 Å². The number of amides is 1. The zero-order valence-electron chi connectivity index (χ0n) is 8.64. The minimum absolute atomic E-state index is 0.165. The molecule has 0 unspecified atom stereocenters. The van der Waals surface area contributed by atoms with E-state index in [1.54, 1.807) is 6.07 Å². The van der Waals surface area contributed by atoms with Crippen molar-refractivity contribution in [2.75, 3.05) is 19.1 Å². The van der Waals surface area contributed by atoms with Gasteiger partial charge < -0.3 is 4.74 Å². The second kappa shape index (κ2) is 4.93. The Morgan fingerprint density at radius 3 is 2.69 bits per heavy atom. The largest absolute Gasteiger partial charge is 0.452 e. The molecule has 0 aromatic heterocycles. The van der Waals surface area contributed by atoms with Gasteiger partial charge in [0.1, 0.15) is 5.69 Å². The molecule has 1 amide bonds. The number of anilines is 1. The highest BCUT2D eigenvalue weighted by molar-refractivity contribution is 9.10. The molecule has 1 rings (SSSR count). The molecule has 6 nitrogen and oxygen atoms in total. The van der Waals surface area contributed by atoms with Gasteiger partial charge in [0.15, 0.2) is 0 Å². The van der Waals surface area contributed by atoms with Crippen LogP contribution in [0.25, 0.3) is 0 Å². The summed E-state index contributed by atoms with van der Waals surface area (Å²) in [5.74, 6) is 0. The number of hydrogen-bond donors (Lipinski definition) is 0. The summed E-state index contributed by atoms with van der Waals surface area (Å²) in [6.07, 6.45) is -0.662. The number of nitrogens with zero attached hydrogens (tertiary/aromatic N) is 2. The number of benzene rings is 1. The summed E-state index contributed by atoms with van der Waals surface area (Å²) in [6.45, 7) is 0. The van der Waals surface area contributed by atoms with Crippen LogP contribution in [-0.2, 0) is 4.74 Å². The van der Waals surface area contributed by atoms with Crippen LogP contribution in [0.1, 0.15) is 0 Å². The molecule has 0 aliphatic carbocycles. The molecule has 0 atom stereocenters. The highest BCUT2D eigenvalue weighted by atomic mass is 79.9. The quantitative estimate of drug-likeness (QED) is 0.619. The van der Waals surface area contributed by atoms with E-state index in [2.05, 4.69) is 20.7 Å². The van der Waals surface area contributed by atoms with Gasteiger partial charge in [-0.3, -0.25) is 15.0 Å². The zero-order valence-corrected chi connectivity index (χ0v) is 10.2. The van der Waals surface area contributed by atoms with Gasteiger partial charge in [-0.1, -0.05) is 15.9 Å². The molecule has 0 heterocycles. The van der Waals surface area contributed by atoms with Gasteiger partial charge in [-0.25, -0.2) is 4.79 Å². The molecule has 0 N–H and O–H groups in total. The lowest BCUT2D eigenvalue weighted by Crippen LogP contribution is -2.26. The van der Waals surface area contributed by atoms with Crippen LogP contribution in [0.5, 0.6) is 0 Å². The summed E-state index contributed by atoms with van der Waals surface area (Å²) in [7, 11) is 2.62. The van der Waals surface area contributed by atoms with Gasteiger partial charge in [0, 0.05) is 17.6 Å². The van der Waals surface area contributed by atoms with Gasteiger partial charge in [0.25, 0.3) is 5.69 Å². The Hall–Kier alpha value is -1.63. The lowest BCUT2D eigenvalue weighted by Gasteiger charge is -2.15. The molecule has 0 aliphatic rings. The van der Waals surface area contributed by atoms with Crippen molar-refractivity contribution in [1.82, 2.24) is 0 Å². The number of hydrogen-bond acceptors (Lipinski definition) is 4. The molecule has 16 heavy (non-hydrogen) atoms. The number of nitro benzene ring substituents is 1. The number of ether oxygens (including phenoxy) is 1. The lowest BCUT2D eigenvalue weighted by molar-refractivity contribution is -0.384. The minimum atomic E-state index is -0.662. The summed E-state index contributed by atoms with van der Waals surface area (Å²) in [5.41, 5.74) is 0.0160. The maximum absolute atomic E-state index is 11.2. The second-order valence-electron chi connectivity index (χ2n) is 2.92. The number of methoxy groups -OCH3 is 1. The van der Waals surface area contributed by atoms with E-state index in [4.69, 9.17) is 0 Å². The summed E-state index contributed by atoms with van der Waals surface area (Å²) < 4.78 is 5.05. The van der Waals surface area contributed by atoms with Crippen molar-refractivity contribution in [3.8, 4) is 0 Å². The van der Waals surface area contributed by atoms with E-state index in [-0.39, 0.29) is 11.4 Å². The lowest BCUT2D eigenvalue weighted by atomic mass is 10.2. The zero-order chi connectivity index (χ0) is 12.3. The van der Waals surface area contributed by atoms with Gasteiger partial charge in [0.2, 0.25) is 0 Å². The molecule has 1 aromatic rings. The maximum Gasteiger partial charge on any atom is 0.413 e. The Morgan fingerprint density at radius 2 is 2.19 bits per heavy atom. The average molecular weight is 289 g/mol. The van der Waals surface area contributed by atoms with Crippen LogP contribution in [-0.4, -0.2) is 25.2 Å². The van der Waals surface area contributed by atoms with Gasteiger partial charge in [-0.2, -0.15) is 0 Å². The van der Waals surface area contributed by atoms with E-state index < -0.39 is 11.0 Å². The molecule has 0 spiro atoms. The van der Waals surface area contributed by atoms with Gasteiger partial charge in [0.05, 0.1) is 12.0 Å². The molecule has 0 aliphatic heterocycles. The Morgan fingerprint density at radius 1 is 1.56 bits per heavy atom. The first-order chi connectivity index (χ1) is 7.47. The minimum Gasteiger partial charge on any atom is -0.452 e. The molecular weight excluding hydrogens is 280 g/mol. The summed E-state index contributed by atoms with van der Waals surface area (Å²) >= 11 is 3.13. The van der Waals surface area contributed by atoms with Crippen LogP contribution in [0.15, 0.2) is 22.7 Å². The first kappa shape index (κ1) is 12.4. The highest BCUT2D eigenvalue weighted by Gasteiger charge is 2.21. The summed E-state index contributed by atoms with van der Waals surface area (Å²) in [5, 5.41) is 10.8. The fourth-order valence-electron chi connectivity index (χ4n) is 1.16. The first-order valence-electron chi connectivity index (χ1n) is 4.23. The van der Waals surface area contributed by atoms with Crippen LogP contribution in [0.4, 0.5) is 16.2 Å². The number of rotatable bonds is 2. The summed E-state index contributed by atoms with van der Waals surface area (Å²) in [4.78, 5) is 22.6. The van der Waals surface area contributed by atoms with Crippen molar-refractivity contribution in [2.45, 2.75) is 0 Å². The van der Waals surface area contributed by atoms with E-state index in [0.717, 1.165) is 4.90 Å². The average Bonchev–Trinajstić information content (AvgIpc) is 2.26. The van der Waals surface area contributed by atoms with E-state index >= 15 is 0 Å². The van der Waals surface area contributed by atoms with Crippen molar-refractivity contribution < 1.29 is 14.5 Å². The predicted molar refractivity (Wildman–Crippen MR) is 61.6 cm³/mol. The standard InChI is InChI=1S/C9H9BrN2O4/c1-11(9(13)16-2)7-4-3-6(10)5-8(7)12(14)15/h3-5H,1-2H3. The highest BCUT2D eigenvalue weighted by Crippen LogP contribution is 2.30. The summed E-state index contributed by atoms with van der Waals surface area (Å²) in [6, 6.07) is 4.41. The monoisotopic (exact) mass is 288 g/mol. The number of carbonyl (C=O) groups is 1. The van der Waals surface area contributed by atoms with E-state index in [0.29, 0.717) is 4.47 Å².